The summed E-state index contributed by atoms with van der Waals surface area (Å²) in [5.74, 6) is -1.38. The zero-order valence-corrected chi connectivity index (χ0v) is 8.21. The van der Waals surface area contributed by atoms with Crippen molar-refractivity contribution >= 4 is 0 Å². The van der Waals surface area contributed by atoms with Crippen molar-refractivity contribution in [3.8, 4) is 0 Å². The first-order valence-electron chi connectivity index (χ1n) is 4.98. The molecule has 0 saturated carbocycles. The summed E-state index contributed by atoms with van der Waals surface area (Å²) in [7, 11) is 0. The van der Waals surface area contributed by atoms with Gasteiger partial charge in [-0.1, -0.05) is 18.2 Å². The molecule has 1 N–H and O–H groups in total. The van der Waals surface area contributed by atoms with Gasteiger partial charge in [-0.2, -0.15) is 0 Å². The van der Waals surface area contributed by atoms with Crippen LogP contribution in [0.25, 0.3) is 0 Å². The lowest BCUT2D eigenvalue weighted by Crippen LogP contribution is -2.27. The number of allylic oxidation sites excluding steroid dienone is 1. The van der Waals surface area contributed by atoms with Crippen LogP contribution in [-0.2, 0) is 5.60 Å². The van der Waals surface area contributed by atoms with Gasteiger partial charge in [0.2, 0.25) is 0 Å². The van der Waals surface area contributed by atoms with Gasteiger partial charge in [-0.05, 0) is 31.4 Å². The van der Waals surface area contributed by atoms with Crippen LogP contribution in [-0.4, -0.2) is 5.11 Å². The molecule has 1 aromatic carbocycles. The van der Waals surface area contributed by atoms with Gasteiger partial charge in [0, 0.05) is 0 Å². The minimum Gasteiger partial charge on any atom is -0.381 e. The van der Waals surface area contributed by atoms with Crippen molar-refractivity contribution in [2.75, 3.05) is 0 Å². The molecule has 1 nitrogen and oxygen atoms in total. The monoisotopic (exact) mass is 210 g/mol. The second-order valence-electron chi connectivity index (χ2n) is 3.82. The average molecular weight is 210 g/mol. The molecule has 0 aliphatic heterocycles. The van der Waals surface area contributed by atoms with Gasteiger partial charge in [0.25, 0.3) is 0 Å². The Labute approximate surface area is 87.1 Å². The normalized spacial score (nSPS) is 25.5. The van der Waals surface area contributed by atoms with E-state index in [-0.39, 0.29) is 5.56 Å². The zero-order chi connectivity index (χ0) is 10.9. The highest BCUT2D eigenvalue weighted by Crippen LogP contribution is 2.35. The van der Waals surface area contributed by atoms with Crippen molar-refractivity contribution in [2.45, 2.75) is 24.9 Å². The molecule has 80 valence electrons. The lowest BCUT2D eigenvalue weighted by molar-refractivity contribution is 0.0647. The average Bonchev–Trinajstić information content (AvgIpc) is 2.18. The van der Waals surface area contributed by atoms with Gasteiger partial charge in [0.05, 0.1) is 5.56 Å². The number of benzene rings is 1. The molecule has 0 amide bonds. The van der Waals surface area contributed by atoms with Crippen LogP contribution in [0.15, 0.2) is 30.4 Å². The molecule has 1 aliphatic rings. The van der Waals surface area contributed by atoms with E-state index in [1.165, 1.54) is 24.3 Å². The fraction of sp³-hybridized carbons (Fsp3) is 0.333. The van der Waals surface area contributed by atoms with Crippen molar-refractivity contribution in [3.63, 3.8) is 0 Å². The third-order valence-electron chi connectivity index (χ3n) is 2.72. The third-order valence-corrected chi connectivity index (χ3v) is 2.72. The summed E-state index contributed by atoms with van der Waals surface area (Å²) in [5.41, 5.74) is -1.71. The zero-order valence-electron chi connectivity index (χ0n) is 8.21. The Hall–Kier alpha value is -1.22. The number of rotatable bonds is 1. The van der Waals surface area contributed by atoms with Crippen molar-refractivity contribution < 1.29 is 13.9 Å². The van der Waals surface area contributed by atoms with E-state index in [1.807, 2.05) is 0 Å². The molecule has 0 spiro atoms. The van der Waals surface area contributed by atoms with E-state index in [9.17, 15) is 13.9 Å². The first-order chi connectivity index (χ1) is 7.13. The topological polar surface area (TPSA) is 20.2 Å². The van der Waals surface area contributed by atoms with Gasteiger partial charge in [0.15, 0.2) is 0 Å². The Morgan fingerprint density at radius 3 is 2.40 bits per heavy atom. The smallest absolute Gasteiger partial charge is 0.132 e. The Morgan fingerprint density at radius 2 is 1.87 bits per heavy atom. The highest BCUT2D eigenvalue weighted by molar-refractivity contribution is 5.31. The Morgan fingerprint density at radius 1 is 1.20 bits per heavy atom. The molecular weight excluding hydrogens is 198 g/mol. The molecule has 0 radical (unpaired) electrons. The van der Waals surface area contributed by atoms with Crippen LogP contribution in [0, 0.1) is 11.6 Å². The molecule has 1 atom stereocenters. The molecule has 1 aliphatic carbocycles. The van der Waals surface area contributed by atoms with Crippen molar-refractivity contribution in [1.82, 2.24) is 0 Å². The fourth-order valence-electron chi connectivity index (χ4n) is 1.97. The lowest BCUT2D eigenvalue weighted by atomic mass is 9.84. The van der Waals surface area contributed by atoms with Gasteiger partial charge >= 0.3 is 0 Å². The summed E-state index contributed by atoms with van der Waals surface area (Å²) in [6.45, 7) is 0. The van der Waals surface area contributed by atoms with Gasteiger partial charge in [-0.3, -0.25) is 0 Å². The van der Waals surface area contributed by atoms with Gasteiger partial charge < -0.3 is 5.11 Å². The molecule has 0 fully saturated rings. The van der Waals surface area contributed by atoms with Crippen LogP contribution < -0.4 is 0 Å². The van der Waals surface area contributed by atoms with E-state index in [0.717, 1.165) is 12.8 Å². The molecule has 0 saturated heterocycles. The summed E-state index contributed by atoms with van der Waals surface area (Å²) in [4.78, 5) is 0. The largest absolute Gasteiger partial charge is 0.381 e. The predicted octanol–water partition coefficient (Wildman–Crippen LogP) is 2.89. The summed E-state index contributed by atoms with van der Waals surface area (Å²) < 4.78 is 26.9. The fourth-order valence-corrected chi connectivity index (χ4v) is 1.97. The molecule has 0 heterocycles. The van der Waals surface area contributed by atoms with Crippen LogP contribution in [0.1, 0.15) is 24.8 Å². The Bertz CT molecular complexity index is 380. The van der Waals surface area contributed by atoms with Crippen molar-refractivity contribution in [1.29, 1.82) is 0 Å². The van der Waals surface area contributed by atoms with E-state index < -0.39 is 17.2 Å². The van der Waals surface area contributed by atoms with E-state index in [0.29, 0.717) is 6.42 Å². The highest BCUT2D eigenvalue weighted by Gasteiger charge is 2.33. The van der Waals surface area contributed by atoms with Gasteiger partial charge in [-0.25, -0.2) is 8.78 Å². The molecule has 3 heteroatoms. The van der Waals surface area contributed by atoms with Crippen molar-refractivity contribution in [2.24, 2.45) is 0 Å². The van der Waals surface area contributed by atoms with Gasteiger partial charge in [-0.15, -0.1) is 0 Å². The molecule has 0 aromatic heterocycles. The van der Waals surface area contributed by atoms with E-state index in [4.69, 9.17) is 0 Å². The maximum absolute atomic E-state index is 13.4. The minimum absolute atomic E-state index is 0.235. The summed E-state index contributed by atoms with van der Waals surface area (Å²) >= 11 is 0. The van der Waals surface area contributed by atoms with Crippen LogP contribution in [0.4, 0.5) is 8.78 Å². The maximum Gasteiger partial charge on any atom is 0.132 e. The maximum atomic E-state index is 13.4. The number of hydrogen-bond acceptors (Lipinski definition) is 1. The number of hydrogen-bond donors (Lipinski definition) is 1. The number of halogens is 2. The highest BCUT2D eigenvalue weighted by atomic mass is 19.1. The molecule has 2 rings (SSSR count). The predicted molar refractivity (Wildman–Crippen MR) is 53.2 cm³/mol. The summed E-state index contributed by atoms with van der Waals surface area (Å²) in [6.07, 6.45) is 5.19. The Balaban J connectivity index is 2.52. The van der Waals surface area contributed by atoms with Crippen LogP contribution in [0.3, 0.4) is 0 Å². The quantitative estimate of drug-likeness (QED) is 0.706. The SMILES string of the molecule is OC1(c2c(F)cccc2F)C=CCCC1. The summed E-state index contributed by atoms with van der Waals surface area (Å²) in [6, 6.07) is 3.63. The second-order valence-corrected chi connectivity index (χ2v) is 3.82. The molecule has 15 heavy (non-hydrogen) atoms. The molecule has 1 aromatic rings. The van der Waals surface area contributed by atoms with E-state index in [1.54, 1.807) is 6.08 Å². The molecular formula is C12H12F2O. The minimum atomic E-state index is -1.48. The van der Waals surface area contributed by atoms with E-state index in [2.05, 4.69) is 0 Å². The lowest BCUT2D eigenvalue weighted by Gasteiger charge is -2.28. The van der Waals surface area contributed by atoms with E-state index >= 15 is 0 Å². The third kappa shape index (κ3) is 1.79. The molecule has 1 unspecified atom stereocenters. The Kier molecular flexibility index (Phi) is 2.57. The standard InChI is InChI=1S/C12H12F2O/c13-9-5-4-6-10(14)11(9)12(15)7-2-1-3-8-12/h2,4-7,15H,1,3,8H2. The van der Waals surface area contributed by atoms with Gasteiger partial charge in [0.1, 0.15) is 17.2 Å². The van der Waals surface area contributed by atoms with Crippen LogP contribution in [0.5, 0.6) is 0 Å². The molecule has 0 bridgehead atoms. The number of aliphatic hydroxyl groups is 1. The first-order valence-corrected chi connectivity index (χ1v) is 4.98. The van der Waals surface area contributed by atoms with Crippen LogP contribution >= 0.6 is 0 Å². The second kappa shape index (κ2) is 3.74. The summed E-state index contributed by atoms with van der Waals surface area (Å²) in [5, 5.41) is 10.1. The van der Waals surface area contributed by atoms with Crippen molar-refractivity contribution in [3.05, 3.63) is 47.5 Å². The van der Waals surface area contributed by atoms with Crippen LogP contribution in [0.2, 0.25) is 0 Å². The first kappa shape index (κ1) is 10.3.